The normalized spacial score (nSPS) is 26.6. The second-order valence-corrected chi connectivity index (χ2v) is 10.3. The average molecular weight is 391 g/mol. The van der Waals surface area contributed by atoms with Gasteiger partial charge in [0.15, 0.2) is 0 Å². The van der Waals surface area contributed by atoms with E-state index < -0.39 is 0 Å². The predicted octanol–water partition coefficient (Wildman–Crippen LogP) is 4.97. The molecule has 1 aliphatic carbocycles. The van der Waals surface area contributed by atoms with Gasteiger partial charge in [0.1, 0.15) is 0 Å². The number of nitrogens with zero attached hydrogens (tertiary/aromatic N) is 2. The molecule has 2 aromatic carbocycles. The Bertz CT molecular complexity index is 854. The van der Waals surface area contributed by atoms with Gasteiger partial charge >= 0.3 is 0 Å². The van der Waals surface area contributed by atoms with Crippen LogP contribution in [0.2, 0.25) is 0 Å². The fourth-order valence-corrected chi connectivity index (χ4v) is 7.27. The smallest absolute Gasteiger partial charge is 0.0543 e. The Morgan fingerprint density at radius 3 is 2.68 bits per heavy atom. The van der Waals surface area contributed by atoms with E-state index in [9.17, 15) is 0 Å². The van der Waals surface area contributed by atoms with Gasteiger partial charge in [-0.05, 0) is 73.1 Å². The van der Waals surface area contributed by atoms with Crippen LogP contribution < -0.4 is 4.90 Å². The summed E-state index contributed by atoms with van der Waals surface area (Å²) in [7, 11) is 0. The molecule has 0 N–H and O–H groups in total. The molecule has 2 nitrogen and oxygen atoms in total. The number of piperidine rings is 1. The van der Waals surface area contributed by atoms with E-state index in [1.165, 1.54) is 64.0 Å². The maximum absolute atomic E-state index is 2.79. The summed E-state index contributed by atoms with van der Waals surface area (Å²) in [5, 5.41) is 0. The first-order valence-electron chi connectivity index (χ1n) is 11.2. The van der Waals surface area contributed by atoms with Gasteiger partial charge in [0.05, 0.1) is 5.69 Å². The lowest BCUT2D eigenvalue weighted by Gasteiger charge is -2.39. The van der Waals surface area contributed by atoms with Gasteiger partial charge in [-0.25, -0.2) is 0 Å². The molecule has 0 radical (unpaired) electrons. The lowest BCUT2D eigenvalue weighted by molar-refractivity contribution is 0.182. The summed E-state index contributed by atoms with van der Waals surface area (Å²) in [4.78, 5) is 7.11. The van der Waals surface area contributed by atoms with Crippen LogP contribution in [0.1, 0.15) is 41.9 Å². The fourth-order valence-electron chi connectivity index (χ4n) is 6.23. The van der Waals surface area contributed by atoms with Crippen molar-refractivity contribution in [3.8, 4) is 0 Å². The van der Waals surface area contributed by atoms with Crippen molar-refractivity contribution in [2.45, 2.75) is 49.0 Å². The Balaban J connectivity index is 1.15. The molecular weight excluding hydrogens is 360 g/mol. The van der Waals surface area contributed by atoms with E-state index in [-0.39, 0.29) is 0 Å². The van der Waals surface area contributed by atoms with E-state index in [0.29, 0.717) is 0 Å². The average Bonchev–Trinajstić information content (AvgIpc) is 3.20. The van der Waals surface area contributed by atoms with E-state index in [4.69, 9.17) is 0 Å². The highest BCUT2D eigenvalue weighted by atomic mass is 32.2. The number of benzene rings is 2. The zero-order valence-corrected chi connectivity index (χ0v) is 17.5. The third-order valence-corrected chi connectivity index (χ3v) is 8.70. The van der Waals surface area contributed by atoms with Gasteiger partial charge in [0, 0.05) is 36.5 Å². The number of para-hydroxylation sites is 1. The van der Waals surface area contributed by atoms with E-state index >= 15 is 0 Å². The lowest BCUT2D eigenvalue weighted by atomic mass is 9.88. The van der Waals surface area contributed by atoms with Crippen LogP contribution in [0.3, 0.4) is 0 Å². The highest BCUT2D eigenvalue weighted by Gasteiger charge is 2.43. The van der Waals surface area contributed by atoms with Crippen LogP contribution in [-0.2, 0) is 12.8 Å². The Labute approximate surface area is 173 Å². The number of anilines is 1. The van der Waals surface area contributed by atoms with E-state index in [2.05, 4.69) is 64.0 Å². The summed E-state index contributed by atoms with van der Waals surface area (Å²) in [6, 6.07) is 16.9. The van der Waals surface area contributed by atoms with Crippen LogP contribution in [-0.4, -0.2) is 42.9 Å². The maximum Gasteiger partial charge on any atom is 0.0543 e. The van der Waals surface area contributed by atoms with Crippen molar-refractivity contribution in [1.82, 2.24) is 4.90 Å². The first-order valence-corrected chi connectivity index (χ1v) is 12.2. The minimum absolute atomic E-state index is 0.725. The van der Waals surface area contributed by atoms with Crippen molar-refractivity contribution in [3.05, 3.63) is 59.2 Å². The largest absolute Gasteiger partial charge is 0.367 e. The molecule has 3 heteroatoms. The molecule has 0 bridgehead atoms. The predicted molar refractivity (Wildman–Crippen MR) is 119 cm³/mol. The molecule has 2 atom stereocenters. The van der Waals surface area contributed by atoms with E-state index in [0.717, 1.165) is 17.9 Å². The molecular formula is C25H30N2S. The quantitative estimate of drug-likeness (QED) is 0.731. The van der Waals surface area contributed by atoms with Gasteiger partial charge in [-0.15, -0.1) is 11.8 Å². The van der Waals surface area contributed by atoms with Crippen LogP contribution in [0.4, 0.5) is 5.69 Å². The monoisotopic (exact) mass is 390 g/mol. The van der Waals surface area contributed by atoms with E-state index in [1.807, 2.05) is 0 Å². The lowest BCUT2D eigenvalue weighted by Crippen LogP contribution is -2.46. The molecule has 0 amide bonds. The first kappa shape index (κ1) is 17.4. The Morgan fingerprint density at radius 1 is 0.964 bits per heavy atom. The minimum Gasteiger partial charge on any atom is -0.367 e. The molecule has 2 aromatic rings. The van der Waals surface area contributed by atoms with Gasteiger partial charge in [-0.2, -0.15) is 0 Å². The molecule has 3 aliphatic heterocycles. The standard InChI is InChI=1S/C25H30N2S/c1-2-6-20-16-18(15-19(20)5-1)9-12-26-13-10-23-22(17-26)21-7-3-8-24-25(21)27(23)11-4-14-28-24/h1-3,5-8,18,22-23H,4,9-17H2/t22-,23-/m0/s1. The molecule has 6 rings (SSSR count). The Kier molecular flexibility index (Phi) is 4.42. The Hall–Kier alpha value is -1.45. The molecule has 28 heavy (non-hydrogen) atoms. The van der Waals surface area contributed by atoms with Crippen LogP contribution in [0, 0.1) is 5.92 Å². The summed E-state index contributed by atoms with van der Waals surface area (Å²) < 4.78 is 0. The number of hydrogen-bond donors (Lipinski definition) is 0. The van der Waals surface area contributed by atoms with Gasteiger partial charge in [0.2, 0.25) is 0 Å². The number of rotatable bonds is 3. The SMILES string of the molecule is c1ccc2c(c1)CC(CCN1CC[C@H]3[C@@H](C1)c1cccc4c1N3CCCS4)C2. The number of thioether (sulfide) groups is 1. The summed E-state index contributed by atoms with van der Waals surface area (Å²) in [6.45, 7) is 5.10. The topological polar surface area (TPSA) is 6.48 Å². The number of fused-ring (bicyclic) bond motifs is 4. The van der Waals surface area contributed by atoms with E-state index in [1.54, 1.807) is 27.3 Å². The summed E-state index contributed by atoms with van der Waals surface area (Å²) in [6.07, 6.45) is 6.63. The molecule has 146 valence electrons. The van der Waals surface area contributed by atoms with Crippen molar-refractivity contribution in [2.24, 2.45) is 5.92 Å². The summed E-state index contributed by atoms with van der Waals surface area (Å²) >= 11 is 2.08. The first-order chi connectivity index (χ1) is 13.9. The van der Waals surface area contributed by atoms with Crippen molar-refractivity contribution in [2.75, 3.05) is 36.8 Å². The molecule has 3 heterocycles. The third-order valence-electron chi connectivity index (χ3n) is 7.57. The zero-order chi connectivity index (χ0) is 18.5. The van der Waals surface area contributed by atoms with Crippen LogP contribution >= 0.6 is 11.8 Å². The molecule has 0 aromatic heterocycles. The Morgan fingerprint density at radius 2 is 1.82 bits per heavy atom. The summed E-state index contributed by atoms with van der Waals surface area (Å²) in [5.74, 6) is 2.86. The highest BCUT2D eigenvalue weighted by molar-refractivity contribution is 7.99. The van der Waals surface area contributed by atoms with Crippen molar-refractivity contribution in [3.63, 3.8) is 0 Å². The fraction of sp³-hybridized carbons (Fsp3) is 0.520. The second-order valence-electron chi connectivity index (χ2n) is 9.18. The number of hydrogen-bond acceptors (Lipinski definition) is 3. The summed E-state index contributed by atoms with van der Waals surface area (Å²) in [5.41, 5.74) is 6.46. The third kappa shape index (κ3) is 2.90. The van der Waals surface area contributed by atoms with Crippen LogP contribution in [0.5, 0.6) is 0 Å². The second kappa shape index (κ2) is 7.11. The van der Waals surface area contributed by atoms with Gasteiger partial charge < -0.3 is 9.80 Å². The molecule has 0 spiro atoms. The van der Waals surface area contributed by atoms with Crippen molar-refractivity contribution >= 4 is 17.4 Å². The van der Waals surface area contributed by atoms with Gasteiger partial charge in [0.25, 0.3) is 0 Å². The molecule has 4 aliphatic rings. The van der Waals surface area contributed by atoms with Crippen LogP contribution in [0.15, 0.2) is 47.4 Å². The van der Waals surface area contributed by atoms with Crippen molar-refractivity contribution in [1.29, 1.82) is 0 Å². The highest BCUT2D eigenvalue weighted by Crippen LogP contribution is 2.50. The molecule has 1 fully saturated rings. The molecule has 0 unspecified atom stereocenters. The van der Waals surface area contributed by atoms with Gasteiger partial charge in [-0.1, -0.05) is 36.4 Å². The molecule has 0 saturated carbocycles. The number of likely N-dealkylation sites (tertiary alicyclic amines) is 1. The van der Waals surface area contributed by atoms with Crippen LogP contribution in [0.25, 0.3) is 0 Å². The zero-order valence-electron chi connectivity index (χ0n) is 16.6. The molecule has 1 saturated heterocycles. The van der Waals surface area contributed by atoms with Crippen molar-refractivity contribution < 1.29 is 0 Å². The minimum atomic E-state index is 0.725. The maximum atomic E-state index is 2.79. The van der Waals surface area contributed by atoms with Gasteiger partial charge in [-0.3, -0.25) is 0 Å².